The Hall–Kier alpha value is -3.32. The van der Waals surface area contributed by atoms with Crippen LogP contribution < -0.4 is 9.04 Å². The highest BCUT2D eigenvalue weighted by atomic mass is 32.2. The van der Waals surface area contributed by atoms with Gasteiger partial charge >= 0.3 is 0 Å². The molecular weight excluding hydrogens is 398 g/mol. The van der Waals surface area contributed by atoms with Gasteiger partial charge in [-0.15, -0.1) is 0 Å². The molecule has 6 nitrogen and oxygen atoms in total. The molecule has 7 heteroatoms. The van der Waals surface area contributed by atoms with E-state index in [0.717, 1.165) is 27.9 Å². The zero-order chi connectivity index (χ0) is 20.9. The summed E-state index contributed by atoms with van der Waals surface area (Å²) in [6.07, 6.45) is 0. The van der Waals surface area contributed by atoms with Gasteiger partial charge in [-0.1, -0.05) is 42.0 Å². The Balaban J connectivity index is 1.69. The van der Waals surface area contributed by atoms with Crippen molar-refractivity contribution in [3.05, 3.63) is 83.9 Å². The minimum absolute atomic E-state index is 0.206. The lowest BCUT2D eigenvalue weighted by Crippen LogP contribution is -2.30. The summed E-state index contributed by atoms with van der Waals surface area (Å²) in [6.45, 7) is 2.21. The molecule has 0 radical (unpaired) electrons. The van der Waals surface area contributed by atoms with E-state index in [1.807, 2.05) is 72.2 Å². The molecule has 0 aliphatic carbocycles. The first kappa shape index (κ1) is 18.7. The van der Waals surface area contributed by atoms with Crippen LogP contribution in [0, 0.1) is 6.92 Å². The summed E-state index contributed by atoms with van der Waals surface area (Å²) in [5, 5.41) is 0. The molecule has 3 aromatic carbocycles. The second-order valence-electron chi connectivity index (χ2n) is 7.41. The van der Waals surface area contributed by atoms with E-state index in [1.165, 1.54) is 4.31 Å². The maximum Gasteiger partial charge on any atom is 0.266 e. The number of rotatable bonds is 4. The number of sulfonamides is 1. The predicted octanol–water partition coefficient (Wildman–Crippen LogP) is 4.15. The maximum atomic E-state index is 13.5. The lowest BCUT2D eigenvalue weighted by Gasteiger charge is -2.18. The van der Waals surface area contributed by atoms with Crippen LogP contribution in [-0.2, 0) is 10.0 Å². The van der Waals surface area contributed by atoms with Crippen LogP contribution >= 0.6 is 0 Å². The Morgan fingerprint density at radius 2 is 1.77 bits per heavy atom. The van der Waals surface area contributed by atoms with E-state index in [9.17, 15) is 8.42 Å². The first-order valence-electron chi connectivity index (χ1n) is 9.69. The molecule has 1 atom stereocenters. The number of para-hydroxylation sites is 2. The highest BCUT2D eigenvalue weighted by Gasteiger charge is 2.40. The van der Waals surface area contributed by atoms with Crippen LogP contribution in [0.25, 0.3) is 11.0 Å². The van der Waals surface area contributed by atoms with E-state index in [2.05, 4.69) is 4.98 Å². The van der Waals surface area contributed by atoms with Gasteiger partial charge in [0.05, 0.1) is 35.6 Å². The van der Waals surface area contributed by atoms with Crippen molar-refractivity contribution in [3.8, 4) is 5.75 Å². The summed E-state index contributed by atoms with van der Waals surface area (Å²) in [4.78, 5) is 4.94. The number of nitrogens with zero attached hydrogens (tertiary/aromatic N) is 3. The molecule has 0 amide bonds. The fourth-order valence-electron chi connectivity index (χ4n) is 3.98. The topological polar surface area (TPSA) is 64.4 Å². The zero-order valence-corrected chi connectivity index (χ0v) is 17.5. The van der Waals surface area contributed by atoms with Crippen LogP contribution in [0.15, 0.2) is 77.7 Å². The quantitative estimate of drug-likeness (QED) is 0.498. The van der Waals surface area contributed by atoms with Crippen LogP contribution in [0.3, 0.4) is 0 Å². The zero-order valence-electron chi connectivity index (χ0n) is 16.7. The molecule has 4 aromatic rings. The van der Waals surface area contributed by atoms with Gasteiger partial charge in [0, 0.05) is 0 Å². The number of aryl methyl sites for hydroxylation is 1. The molecule has 2 heterocycles. The standard InChI is InChI=1S/C23H21N3O3S/c1-16-10-12-19(13-11-16)30(27,28)25-15-22(17-6-5-7-18(14-17)29-2)26-21-9-4-3-8-20(21)24-23(25)26/h3-14,22H,15H2,1-2H3. The smallest absolute Gasteiger partial charge is 0.266 e. The number of benzene rings is 3. The van der Waals surface area contributed by atoms with Gasteiger partial charge in [-0.25, -0.2) is 17.7 Å². The number of imidazole rings is 1. The molecule has 0 N–H and O–H groups in total. The Morgan fingerprint density at radius 3 is 2.53 bits per heavy atom. The van der Waals surface area contributed by atoms with Gasteiger partial charge < -0.3 is 4.74 Å². The Morgan fingerprint density at radius 1 is 1.00 bits per heavy atom. The van der Waals surface area contributed by atoms with E-state index >= 15 is 0 Å². The van der Waals surface area contributed by atoms with Crippen molar-refractivity contribution in [2.75, 3.05) is 18.0 Å². The van der Waals surface area contributed by atoms with Gasteiger partial charge in [0.1, 0.15) is 5.75 Å². The number of hydrogen-bond donors (Lipinski definition) is 0. The van der Waals surface area contributed by atoms with Gasteiger partial charge in [-0.2, -0.15) is 0 Å². The second kappa shape index (κ2) is 6.88. The average Bonchev–Trinajstić information content (AvgIpc) is 3.32. The van der Waals surface area contributed by atoms with Crippen LogP contribution in [0.4, 0.5) is 5.95 Å². The van der Waals surface area contributed by atoms with E-state index in [-0.39, 0.29) is 17.5 Å². The largest absolute Gasteiger partial charge is 0.497 e. The van der Waals surface area contributed by atoms with Crippen molar-refractivity contribution in [1.82, 2.24) is 9.55 Å². The monoisotopic (exact) mass is 419 g/mol. The van der Waals surface area contributed by atoms with E-state index in [4.69, 9.17) is 4.74 Å². The summed E-state index contributed by atoms with van der Waals surface area (Å²) in [5.41, 5.74) is 3.66. The van der Waals surface area contributed by atoms with Gasteiger partial charge in [0.25, 0.3) is 10.0 Å². The van der Waals surface area contributed by atoms with E-state index in [1.54, 1.807) is 19.2 Å². The second-order valence-corrected chi connectivity index (χ2v) is 9.27. The van der Waals surface area contributed by atoms with Gasteiger partial charge in [-0.3, -0.25) is 4.57 Å². The molecule has 1 aromatic heterocycles. The van der Waals surface area contributed by atoms with Gasteiger partial charge in [0.2, 0.25) is 5.95 Å². The molecular formula is C23H21N3O3S. The molecule has 0 bridgehead atoms. The molecule has 30 heavy (non-hydrogen) atoms. The molecule has 1 unspecified atom stereocenters. The van der Waals surface area contributed by atoms with Gasteiger partial charge in [0.15, 0.2) is 0 Å². The van der Waals surface area contributed by atoms with Crippen molar-refractivity contribution in [2.24, 2.45) is 0 Å². The molecule has 1 aliphatic rings. The normalized spacial score (nSPS) is 16.1. The van der Waals surface area contributed by atoms with Crippen molar-refractivity contribution >= 4 is 27.0 Å². The SMILES string of the molecule is COc1cccc(C2CN(S(=O)(=O)c3ccc(C)cc3)c3nc4ccccc4n32)c1. The summed E-state index contributed by atoms with van der Waals surface area (Å²) in [7, 11) is -2.13. The third-order valence-electron chi connectivity index (χ3n) is 5.54. The lowest BCUT2D eigenvalue weighted by molar-refractivity contribution is 0.413. The maximum absolute atomic E-state index is 13.5. The average molecular weight is 420 g/mol. The molecule has 0 saturated heterocycles. The molecule has 152 valence electrons. The first-order valence-corrected chi connectivity index (χ1v) is 11.1. The number of hydrogen-bond acceptors (Lipinski definition) is 4. The van der Waals surface area contributed by atoms with Crippen molar-refractivity contribution < 1.29 is 13.2 Å². The minimum Gasteiger partial charge on any atom is -0.497 e. The van der Waals surface area contributed by atoms with Crippen LogP contribution in [-0.4, -0.2) is 31.6 Å². The van der Waals surface area contributed by atoms with Crippen molar-refractivity contribution in [3.63, 3.8) is 0 Å². The number of aromatic nitrogens is 2. The van der Waals surface area contributed by atoms with Crippen LogP contribution in [0.2, 0.25) is 0 Å². The highest BCUT2D eigenvalue weighted by Crippen LogP contribution is 2.40. The van der Waals surface area contributed by atoms with Crippen molar-refractivity contribution in [1.29, 1.82) is 0 Å². The van der Waals surface area contributed by atoms with Gasteiger partial charge in [-0.05, 0) is 48.9 Å². The fourth-order valence-corrected chi connectivity index (χ4v) is 5.40. The molecule has 1 aliphatic heterocycles. The van der Waals surface area contributed by atoms with Crippen LogP contribution in [0.5, 0.6) is 5.75 Å². The van der Waals surface area contributed by atoms with E-state index in [0.29, 0.717) is 5.95 Å². The number of methoxy groups -OCH3 is 1. The first-order chi connectivity index (χ1) is 14.5. The molecule has 0 saturated carbocycles. The Kier molecular flexibility index (Phi) is 4.29. The molecule has 5 rings (SSSR count). The van der Waals surface area contributed by atoms with Crippen molar-refractivity contribution in [2.45, 2.75) is 17.9 Å². The molecule has 0 fully saturated rings. The highest BCUT2D eigenvalue weighted by molar-refractivity contribution is 7.92. The third-order valence-corrected chi connectivity index (χ3v) is 7.30. The predicted molar refractivity (Wildman–Crippen MR) is 117 cm³/mol. The third kappa shape index (κ3) is 2.85. The summed E-state index contributed by atoms with van der Waals surface area (Å²) < 4.78 is 35.9. The summed E-state index contributed by atoms with van der Waals surface area (Å²) >= 11 is 0. The number of ether oxygens (including phenoxy) is 1. The number of fused-ring (bicyclic) bond motifs is 3. The minimum atomic E-state index is -3.75. The lowest BCUT2D eigenvalue weighted by atomic mass is 10.1. The van der Waals surface area contributed by atoms with E-state index < -0.39 is 10.0 Å². The molecule has 0 spiro atoms. The Bertz CT molecular complexity index is 1340. The Labute approximate surface area is 175 Å². The summed E-state index contributed by atoms with van der Waals surface area (Å²) in [6, 6.07) is 22.2. The summed E-state index contributed by atoms with van der Waals surface area (Å²) in [5.74, 6) is 1.17. The number of anilines is 1. The fraction of sp³-hybridized carbons (Fsp3) is 0.174. The van der Waals surface area contributed by atoms with Crippen LogP contribution in [0.1, 0.15) is 17.2 Å².